The number of ether oxygens (including phenoxy) is 1. The van der Waals surface area contributed by atoms with Crippen molar-refractivity contribution in [1.82, 2.24) is 5.43 Å². The van der Waals surface area contributed by atoms with Crippen molar-refractivity contribution >= 4 is 11.7 Å². The van der Waals surface area contributed by atoms with E-state index >= 15 is 0 Å². The lowest BCUT2D eigenvalue weighted by atomic mass is 9.42. The number of carbonyl (C=O) groups is 1. The quantitative estimate of drug-likeness (QED) is 0.451. The normalized spacial score (nSPS) is 46.6. The number of carbonyl (C=O) groups excluding carboxylic acids is 1. The number of fused-ring (bicyclic) bond motifs is 6. The molecule has 0 amide bonds. The van der Waals surface area contributed by atoms with Crippen molar-refractivity contribution in [2.75, 3.05) is 0 Å². The second-order valence-corrected chi connectivity index (χ2v) is 13.6. The summed E-state index contributed by atoms with van der Waals surface area (Å²) in [5.74, 6) is 4.60. The minimum absolute atomic E-state index is 0.00223. The number of rotatable bonds is 6. The summed E-state index contributed by atoms with van der Waals surface area (Å²) in [6, 6.07) is 0. The second kappa shape index (κ2) is 8.26. The Morgan fingerprint density at radius 3 is 2.61 bits per heavy atom. The molecule has 4 fully saturated rings. The van der Waals surface area contributed by atoms with Crippen molar-refractivity contribution in [3.8, 4) is 0 Å². The zero-order valence-corrected chi connectivity index (χ0v) is 22.1. The highest BCUT2D eigenvalue weighted by Crippen LogP contribution is 2.69. The number of nitrogens with zero attached hydrogens (tertiary/aromatic N) is 1. The average Bonchev–Trinajstić information content (AvgIpc) is 3.29. The molecule has 1 spiro atoms. The Balaban J connectivity index is 1.36. The Bertz CT molecular complexity index is 807. The highest BCUT2D eigenvalue weighted by molar-refractivity contribution is 5.91. The maximum absolute atomic E-state index is 11.7. The highest BCUT2D eigenvalue weighted by Gasteiger charge is 2.68. The van der Waals surface area contributed by atoms with E-state index in [1.54, 1.807) is 6.92 Å². The Labute approximate surface area is 202 Å². The molecule has 5 aliphatic rings. The van der Waals surface area contributed by atoms with Crippen LogP contribution in [0.25, 0.3) is 0 Å². The second-order valence-electron chi connectivity index (χ2n) is 13.6. The predicted molar refractivity (Wildman–Crippen MR) is 134 cm³/mol. The van der Waals surface area contributed by atoms with E-state index in [2.05, 4.69) is 40.0 Å². The molecular weight excluding hydrogens is 408 g/mol. The van der Waals surface area contributed by atoms with E-state index in [0.717, 1.165) is 55.3 Å². The standard InChI is InChI=1S/C29H48N2O2/c1-18(2)8-7-9-19(3)22-10-11-23-26-24(13-14-27(22,23)5)28(6)15-12-21(33-20(4)32)16-29(28)17-25(26)30-31-29/h18-19,21-24,26,31H,7-17H2,1-6H3/t19-,21+,22-,23+,24+,26+,27-,28-,29+/m1/s1. The van der Waals surface area contributed by atoms with Gasteiger partial charge in [0, 0.05) is 31.4 Å². The third-order valence-corrected chi connectivity index (χ3v) is 11.6. The number of nitrogens with one attached hydrogen (secondary N) is 1. The van der Waals surface area contributed by atoms with Crippen LogP contribution >= 0.6 is 0 Å². The number of esters is 1. The van der Waals surface area contributed by atoms with Crippen molar-refractivity contribution < 1.29 is 9.53 Å². The lowest BCUT2D eigenvalue weighted by molar-refractivity contribution is -0.157. The minimum Gasteiger partial charge on any atom is -0.462 e. The zero-order chi connectivity index (χ0) is 23.6. The molecule has 4 aliphatic carbocycles. The van der Waals surface area contributed by atoms with E-state index in [1.165, 1.54) is 50.7 Å². The van der Waals surface area contributed by atoms with Gasteiger partial charge in [-0.15, -0.1) is 0 Å². The average molecular weight is 457 g/mol. The van der Waals surface area contributed by atoms with Crippen LogP contribution in [0.2, 0.25) is 0 Å². The topological polar surface area (TPSA) is 50.7 Å². The molecule has 1 aliphatic heterocycles. The van der Waals surface area contributed by atoms with Gasteiger partial charge in [-0.25, -0.2) is 0 Å². The summed E-state index contributed by atoms with van der Waals surface area (Å²) in [6.45, 7) is 14.0. The van der Waals surface area contributed by atoms with Crippen LogP contribution in [0, 0.1) is 46.3 Å². The molecule has 0 saturated heterocycles. The first kappa shape index (κ1) is 23.7. The molecule has 0 aromatic heterocycles. The van der Waals surface area contributed by atoms with Crippen LogP contribution in [0.1, 0.15) is 112 Å². The van der Waals surface area contributed by atoms with Gasteiger partial charge in [-0.1, -0.05) is 53.9 Å². The fourth-order valence-corrected chi connectivity index (χ4v) is 9.85. The van der Waals surface area contributed by atoms with Crippen molar-refractivity contribution in [1.29, 1.82) is 0 Å². The fraction of sp³-hybridized carbons (Fsp3) is 0.931. The van der Waals surface area contributed by atoms with Crippen LogP contribution in [0.5, 0.6) is 0 Å². The highest BCUT2D eigenvalue weighted by atomic mass is 16.5. The van der Waals surface area contributed by atoms with E-state index in [1.807, 2.05) is 0 Å². The summed E-state index contributed by atoms with van der Waals surface area (Å²) < 4.78 is 5.71. The van der Waals surface area contributed by atoms with Crippen LogP contribution < -0.4 is 5.43 Å². The Kier molecular flexibility index (Phi) is 5.93. The first-order valence-electron chi connectivity index (χ1n) is 14.1. The monoisotopic (exact) mass is 456 g/mol. The van der Waals surface area contributed by atoms with Crippen molar-refractivity contribution in [3.05, 3.63) is 0 Å². The third-order valence-electron chi connectivity index (χ3n) is 11.6. The molecule has 0 unspecified atom stereocenters. The molecule has 0 aromatic rings. The molecule has 4 nitrogen and oxygen atoms in total. The van der Waals surface area contributed by atoms with Crippen molar-refractivity contribution in [3.63, 3.8) is 0 Å². The largest absolute Gasteiger partial charge is 0.462 e. The van der Waals surface area contributed by atoms with Gasteiger partial charge in [0.1, 0.15) is 6.10 Å². The lowest BCUT2D eigenvalue weighted by Gasteiger charge is -2.63. The van der Waals surface area contributed by atoms with Gasteiger partial charge in [-0.05, 0) is 78.9 Å². The van der Waals surface area contributed by atoms with Crippen LogP contribution in [0.3, 0.4) is 0 Å². The van der Waals surface area contributed by atoms with E-state index in [4.69, 9.17) is 9.84 Å². The maximum atomic E-state index is 11.7. The van der Waals surface area contributed by atoms with Crippen molar-refractivity contribution in [2.45, 2.75) is 124 Å². The van der Waals surface area contributed by atoms with Gasteiger partial charge in [0.2, 0.25) is 0 Å². The fourth-order valence-electron chi connectivity index (χ4n) is 9.85. The number of hydrogen-bond donors (Lipinski definition) is 1. The van der Waals surface area contributed by atoms with E-state index in [0.29, 0.717) is 11.3 Å². The summed E-state index contributed by atoms with van der Waals surface area (Å²) in [6.07, 6.45) is 13.9. The molecule has 1 N–H and O–H groups in total. The Morgan fingerprint density at radius 1 is 1.09 bits per heavy atom. The van der Waals surface area contributed by atoms with Crippen LogP contribution in [0.4, 0.5) is 0 Å². The van der Waals surface area contributed by atoms with Gasteiger partial charge >= 0.3 is 5.97 Å². The summed E-state index contributed by atoms with van der Waals surface area (Å²) in [7, 11) is 0. The minimum atomic E-state index is -0.138. The molecule has 9 atom stereocenters. The summed E-state index contributed by atoms with van der Waals surface area (Å²) in [4.78, 5) is 11.7. The Morgan fingerprint density at radius 2 is 1.88 bits per heavy atom. The Hall–Kier alpha value is -1.06. The SMILES string of the molecule is CC(=O)O[C@H]1CC[C@]2(C)[C@H]3CC[C@]4(C)[C@@H]([C@H](C)CCCC(C)C)CC[C@H]4[C@@H]3C3=NN[C@]2(C3)C1. The van der Waals surface area contributed by atoms with Gasteiger partial charge < -0.3 is 10.2 Å². The summed E-state index contributed by atoms with van der Waals surface area (Å²) in [5.41, 5.74) is 5.89. The van der Waals surface area contributed by atoms with Gasteiger partial charge in [-0.3, -0.25) is 4.79 Å². The third kappa shape index (κ3) is 3.59. The van der Waals surface area contributed by atoms with Crippen LogP contribution in [0.15, 0.2) is 5.10 Å². The van der Waals surface area contributed by atoms with Gasteiger partial charge in [-0.2, -0.15) is 5.10 Å². The van der Waals surface area contributed by atoms with Gasteiger partial charge in [0.15, 0.2) is 0 Å². The maximum Gasteiger partial charge on any atom is 0.302 e. The molecule has 2 bridgehead atoms. The predicted octanol–water partition coefficient (Wildman–Crippen LogP) is 6.73. The molecule has 4 heteroatoms. The molecule has 186 valence electrons. The van der Waals surface area contributed by atoms with Crippen LogP contribution in [-0.4, -0.2) is 23.3 Å². The molecule has 4 saturated carbocycles. The van der Waals surface area contributed by atoms with E-state index in [9.17, 15) is 4.79 Å². The molecule has 33 heavy (non-hydrogen) atoms. The van der Waals surface area contributed by atoms with E-state index in [-0.39, 0.29) is 23.0 Å². The first-order chi connectivity index (χ1) is 15.6. The van der Waals surface area contributed by atoms with E-state index < -0.39 is 0 Å². The summed E-state index contributed by atoms with van der Waals surface area (Å²) in [5, 5.41) is 5.07. The molecule has 1 heterocycles. The van der Waals surface area contributed by atoms with Gasteiger partial charge in [0.25, 0.3) is 0 Å². The first-order valence-corrected chi connectivity index (χ1v) is 14.1. The molecule has 0 aromatic carbocycles. The smallest absolute Gasteiger partial charge is 0.302 e. The van der Waals surface area contributed by atoms with Crippen molar-refractivity contribution in [2.24, 2.45) is 51.4 Å². The lowest BCUT2D eigenvalue weighted by Crippen LogP contribution is -2.67. The molecule has 0 radical (unpaired) electrons. The molecule has 5 rings (SSSR count). The number of hydrazone groups is 1. The van der Waals surface area contributed by atoms with Crippen LogP contribution in [-0.2, 0) is 9.53 Å². The summed E-state index contributed by atoms with van der Waals surface area (Å²) >= 11 is 0. The number of hydrogen-bond acceptors (Lipinski definition) is 4. The van der Waals surface area contributed by atoms with Gasteiger partial charge in [0.05, 0.1) is 5.54 Å². The zero-order valence-electron chi connectivity index (χ0n) is 22.1. The molecular formula is C29H48N2O2.